The third-order valence-electron chi connectivity index (χ3n) is 4.22. The Kier molecular flexibility index (Phi) is 4.64. The van der Waals surface area contributed by atoms with Crippen LogP contribution in [-0.2, 0) is 0 Å². The zero-order valence-electron chi connectivity index (χ0n) is 14.8. The smallest absolute Gasteiger partial charge is 0.257 e. The molecule has 0 aliphatic heterocycles. The Morgan fingerprint density at radius 2 is 1.71 bits per heavy atom. The van der Waals surface area contributed by atoms with Gasteiger partial charge >= 0.3 is 0 Å². The van der Waals surface area contributed by atoms with Gasteiger partial charge in [-0.25, -0.2) is 4.98 Å². The fourth-order valence-electron chi connectivity index (χ4n) is 2.83. The summed E-state index contributed by atoms with van der Waals surface area (Å²) < 4.78 is 0. The Morgan fingerprint density at radius 3 is 2.54 bits per heavy atom. The molecule has 6 heteroatoms. The molecule has 6 nitrogen and oxygen atoms in total. The van der Waals surface area contributed by atoms with Crippen molar-refractivity contribution in [3.8, 4) is 6.07 Å². The zero-order valence-corrected chi connectivity index (χ0v) is 14.8. The molecule has 0 aliphatic rings. The highest BCUT2D eigenvalue weighted by atomic mass is 16.1. The van der Waals surface area contributed by atoms with Crippen molar-refractivity contribution in [2.24, 2.45) is 0 Å². The van der Waals surface area contributed by atoms with Crippen LogP contribution in [0.5, 0.6) is 0 Å². The Morgan fingerprint density at radius 1 is 0.893 bits per heavy atom. The summed E-state index contributed by atoms with van der Waals surface area (Å²) in [5.41, 5.74) is 2.99. The van der Waals surface area contributed by atoms with Gasteiger partial charge in [0.25, 0.3) is 5.91 Å². The summed E-state index contributed by atoms with van der Waals surface area (Å²) in [5, 5.41) is 16.1. The van der Waals surface area contributed by atoms with Crippen molar-refractivity contribution in [3.05, 3.63) is 90.3 Å². The van der Waals surface area contributed by atoms with Gasteiger partial charge in [0.05, 0.1) is 28.0 Å². The van der Waals surface area contributed by atoms with Gasteiger partial charge in [-0.1, -0.05) is 30.3 Å². The number of anilines is 3. The SMILES string of the molecule is N#Cc1ccccc1Nc1ccc(C(=O)Nc2cccc3cccnc23)cn1. The number of rotatable bonds is 4. The maximum absolute atomic E-state index is 12.6. The molecule has 2 aromatic carbocycles. The first kappa shape index (κ1) is 17.2. The molecule has 0 radical (unpaired) electrons. The van der Waals surface area contributed by atoms with E-state index in [-0.39, 0.29) is 5.91 Å². The molecule has 134 valence electrons. The zero-order chi connectivity index (χ0) is 19.3. The van der Waals surface area contributed by atoms with Crippen molar-refractivity contribution >= 4 is 34.0 Å². The van der Waals surface area contributed by atoms with Crippen molar-refractivity contribution in [1.29, 1.82) is 5.26 Å². The second-order valence-electron chi connectivity index (χ2n) is 6.05. The third kappa shape index (κ3) is 3.50. The summed E-state index contributed by atoms with van der Waals surface area (Å²) in [6, 6.07) is 22.1. The van der Waals surface area contributed by atoms with E-state index in [9.17, 15) is 4.79 Å². The molecule has 1 amide bonds. The highest BCUT2D eigenvalue weighted by molar-refractivity contribution is 6.08. The van der Waals surface area contributed by atoms with Crippen molar-refractivity contribution in [1.82, 2.24) is 9.97 Å². The second kappa shape index (κ2) is 7.56. The summed E-state index contributed by atoms with van der Waals surface area (Å²) in [6.07, 6.45) is 3.18. The Hall–Kier alpha value is -4.24. The molecule has 2 aromatic heterocycles. The number of carbonyl (C=O) groups is 1. The number of amides is 1. The highest BCUT2D eigenvalue weighted by Crippen LogP contribution is 2.22. The first-order chi connectivity index (χ1) is 13.7. The Bertz CT molecular complexity index is 1190. The molecule has 2 heterocycles. The fraction of sp³-hybridized carbons (Fsp3) is 0. The average molecular weight is 365 g/mol. The molecule has 4 aromatic rings. The number of benzene rings is 2. The normalized spacial score (nSPS) is 10.2. The van der Waals surface area contributed by atoms with Gasteiger partial charge in [0.2, 0.25) is 0 Å². The van der Waals surface area contributed by atoms with Crippen molar-refractivity contribution in [2.75, 3.05) is 10.6 Å². The predicted molar refractivity (Wildman–Crippen MR) is 108 cm³/mol. The number of nitrogens with zero attached hydrogens (tertiary/aromatic N) is 3. The van der Waals surface area contributed by atoms with Crippen molar-refractivity contribution in [3.63, 3.8) is 0 Å². The number of hydrogen-bond acceptors (Lipinski definition) is 5. The summed E-state index contributed by atoms with van der Waals surface area (Å²) in [6.45, 7) is 0. The molecule has 0 saturated heterocycles. The molecule has 0 spiro atoms. The number of pyridine rings is 2. The quantitative estimate of drug-likeness (QED) is 0.556. The van der Waals surface area contributed by atoms with Gasteiger partial charge in [-0.2, -0.15) is 5.26 Å². The second-order valence-corrected chi connectivity index (χ2v) is 6.05. The summed E-state index contributed by atoms with van der Waals surface area (Å²) in [7, 11) is 0. The number of fused-ring (bicyclic) bond motifs is 1. The highest BCUT2D eigenvalue weighted by Gasteiger charge is 2.10. The molecule has 28 heavy (non-hydrogen) atoms. The van der Waals surface area contributed by atoms with Crippen LogP contribution >= 0.6 is 0 Å². The lowest BCUT2D eigenvalue weighted by Gasteiger charge is -2.09. The number of hydrogen-bond donors (Lipinski definition) is 2. The molecule has 0 fully saturated rings. The van der Waals surface area contributed by atoms with Crippen LogP contribution in [0.25, 0.3) is 10.9 Å². The van der Waals surface area contributed by atoms with Gasteiger partial charge in [-0.3, -0.25) is 9.78 Å². The topological polar surface area (TPSA) is 90.7 Å². The number of nitrogens with one attached hydrogen (secondary N) is 2. The lowest BCUT2D eigenvalue weighted by molar-refractivity contribution is 0.102. The third-order valence-corrected chi connectivity index (χ3v) is 4.22. The van der Waals surface area contributed by atoms with Gasteiger partial charge in [-0.05, 0) is 36.4 Å². The molecule has 2 N–H and O–H groups in total. The van der Waals surface area contributed by atoms with E-state index in [2.05, 4.69) is 26.7 Å². The molecule has 0 unspecified atom stereocenters. The molecular weight excluding hydrogens is 350 g/mol. The maximum atomic E-state index is 12.6. The minimum Gasteiger partial charge on any atom is -0.339 e. The average Bonchev–Trinajstić information content (AvgIpc) is 2.75. The van der Waals surface area contributed by atoms with Gasteiger partial charge in [0, 0.05) is 17.8 Å². The van der Waals surface area contributed by atoms with Crippen LogP contribution in [0.4, 0.5) is 17.2 Å². The van der Waals surface area contributed by atoms with Crippen molar-refractivity contribution in [2.45, 2.75) is 0 Å². The van der Waals surface area contributed by atoms with E-state index in [0.717, 1.165) is 10.9 Å². The first-order valence-corrected chi connectivity index (χ1v) is 8.62. The van der Waals surface area contributed by atoms with Gasteiger partial charge < -0.3 is 10.6 Å². The number of carbonyl (C=O) groups excluding carboxylic acids is 1. The van der Waals surface area contributed by atoms with E-state index in [4.69, 9.17) is 5.26 Å². The van der Waals surface area contributed by atoms with E-state index in [0.29, 0.717) is 28.3 Å². The first-order valence-electron chi connectivity index (χ1n) is 8.62. The summed E-state index contributed by atoms with van der Waals surface area (Å²) >= 11 is 0. The molecule has 0 atom stereocenters. The molecule has 0 saturated carbocycles. The minimum absolute atomic E-state index is 0.269. The van der Waals surface area contributed by atoms with E-state index < -0.39 is 0 Å². The van der Waals surface area contributed by atoms with Gasteiger partial charge in [-0.15, -0.1) is 0 Å². The van der Waals surface area contributed by atoms with Crippen LogP contribution in [0.1, 0.15) is 15.9 Å². The molecular formula is C22H15N5O. The standard InChI is InChI=1S/C22H15N5O/c23-13-16-5-1-2-8-18(16)26-20-11-10-17(14-25-20)22(28)27-19-9-3-6-15-7-4-12-24-21(15)19/h1-12,14H,(H,25,26)(H,27,28). The van der Waals surface area contributed by atoms with E-state index in [1.165, 1.54) is 6.20 Å². The van der Waals surface area contributed by atoms with Gasteiger partial charge in [0.1, 0.15) is 11.9 Å². The molecule has 0 bridgehead atoms. The molecule has 4 rings (SSSR count). The van der Waals surface area contributed by atoms with Gasteiger partial charge in [0.15, 0.2) is 0 Å². The summed E-state index contributed by atoms with van der Waals surface area (Å²) in [4.78, 5) is 21.2. The number of aromatic nitrogens is 2. The van der Waals surface area contributed by atoms with Crippen LogP contribution in [0, 0.1) is 11.3 Å². The number of para-hydroxylation sites is 2. The van der Waals surface area contributed by atoms with Crippen molar-refractivity contribution < 1.29 is 4.79 Å². The molecule has 0 aliphatic carbocycles. The Balaban J connectivity index is 1.52. The van der Waals surface area contributed by atoms with E-state index in [1.807, 2.05) is 36.4 Å². The fourth-order valence-corrected chi connectivity index (χ4v) is 2.83. The minimum atomic E-state index is -0.269. The van der Waals surface area contributed by atoms with Crippen LogP contribution < -0.4 is 10.6 Å². The van der Waals surface area contributed by atoms with Crippen LogP contribution in [0.15, 0.2) is 79.1 Å². The lowest BCUT2D eigenvalue weighted by Crippen LogP contribution is -2.13. The van der Waals surface area contributed by atoms with Crippen LogP contribution in [0.2, 0.25) is 0 Å². The van der Waals surface area contributed by atoms with Crippen LogP contribution in [-0.4, -0.2) is 15.9 Å². The van der Waals surface area contributed by atoms with Crippen LogP contribution in [0.3, 0.4) is 0 Å². The predicted octanol–water partition coefficient (Wildman–Crippen LogP) is 4.50. The Labute approximate surface area is 161 Å². The van der Waals surface area contributed by atoms with E-state index in [1.54, 1.807) is 36.5 Å². The largest absolute Gasteiger partial charge is 0.339 e. The monoisotopic (exact) mass is 365 g/mol. The summed E-state index contributed by atoms with van der Waals surface area (Å²) in [5.74, 6) is 0.278. The van der Waals surface area contributed by atoms with E-state index >= 15 is 0 Å². The lowest BCUT2D eigenvalue weighted by atomic mass is 10.2. The number of nitriles is 1. The maximum Gasteiger partial charge on any atom is 0.257 e.